The smallest absolute Gasteiger partial charge is 0.331 e. The summed E-state index contributed by atoms with van der Waals surface area (Å²) in [6.45, 7) is 4.62. The van der Waals surface area contributed by atoms with Crippen molar-refractivity contribution in [1.29, 1.82) is 0 Å². The Balaban J connectivity index is 1.86. The lowest BCUT2D eigenvalue weighted by Gasteiger charge is -2.06. The number of esters is 1. The van der Waals surface area contributed by atoms with Crippen molar-refractivity contribution in [1.82, 2.24) is 19.1 Å². The molecule has 0 amide bonds. The van der Waals surface area contributed by atoms with Gasteiger partial charge in [-0.1, -0.05) is 13.3 Å². The van der Waals surface area contributed by atoms with Gasteiger partial charge in [0.05, 0.1) is 0 Å². The number of hydrogen-bond acceptors (Lipinski definition) is 6. The minimum absolute atomic E-state index is 0.130. The van der Waals surface area contributed by atoms with E-state index in [0.29, 0.717) is 40.5 Å². The quantitative estimate of drug-likeness (QED) is 0.405. The van der Waals surface area contributed by atoms with E-state index >= 15 is 0 Å². The molecule has 9 nitrogen and oxygen atoms in total. The number of carbonyl (C=O) groups excluding carboxylic acids is 1. The monoisotopic (exact) mass is 464 g/mol. The lowest BCUT2D eigenvalue weighted by atomic mass is 10.3. The van der Waals surface area contributed by atoms with E-state index in [1.807, 2.05) is 13.8 Å². The largest absolute Gasteiger partial charge is 0.454 e. The van der Waals surface area contributed by atoms with Crippen LogP contribution >= 0.6 is 15.9 Å². The first-order chi connectivity index (χ1) is 13.9. The van der Waals surface area contributed by atoms with Crippen LogP contribution < -0.4 is 11.2 Å². The van der Waals surface area contributed by atoms with Crippen LogP contribution in [0.15, 0.2) is 36.9 Å². The summed E-state index contributed by atoms with van der Waals surface area (Å²) in [4.78, 5) is 43.4. The Bertz CT molecular complexity index is 1170. The van der Waals surface area contributed by atoms with Crippen LogP contribution in [-0.2, 0) is 29.2 Å². The van der Waals surface area contributed by atoms with Gasteiger partial charge in [-0.05, 0) is 47.5 Å². The van der Waals surface area contributed by atoms with Gasteiger partial charge in [-0.25, -0.2) is 14.6 Å². The molecular weight excluding hydrogens is 444 g/mol. The minimum Gasteiger partial charge on any atom is -0.454 e. The maximum atomic E-state index is 12.4. The second kappa shape index (κ2) is 9.08. The molecule has 0 atom stereocenters. The number of unbranched alkanes of at least 4 members (excludes halogenated alkanes) is 1. The minimum atomic E-state index is -0.579. The SMILES string of the molecule is CCCCn1c(=O)[nH]c(=O)c2c1nc(COC(=O)/C=C/c1ccc(Br)o1)n2CC. The van der Waals surface area contributed by atoms with Gasteiger partial charge in [0, 0.05) is 19.2 Å². The van der Waals surface area contributed by atoms with Gasteiger partial charge < -0.3 is 13.7 Å². The third-order valence-electron chi connectivity index (χ3n) is 4.34. The number of H-pyrrole nitrogens is 1. The number of aromatic amines is 1. The van der Waals surface area contributed by atoms with Crippen LogP contribution in [0.5, 0.6) is 0 Å². The fraction of sp³-hybridized carbons (Fsp3) is 0.368. The summed E-state index contributed by atoms with van der Waals surface area (Å²) < 4.78 is 14.2. The molecular formula is C19H21BrN4O5. The standard InChI is InChI=1S/C19H21BrN4O5/c1-3-5-10-24-17-16(18(26)22-19(24)27)23(4-2)14(21-17)11-28-15(25)9-7-12-6-8-13(20)29-12/h6-9H,3-5,10-11H2,1-2H3,(H,22,26,27)/b9-7+. The summed E-state index contributed by atoms with van der Waals surface area (Å²) >= 11 is 3.19. The molecule has 1 N–H and O–H groups in total. The van der Waals surface area contributed by atoms with Gasteiger partial charge in [0.25, 0.3) is 5.56 Å². The molecule has 3 aromatic heterocycles. The van der Waals surface area contributed by atoms with Crippen molar-refractivity contribution in [2.24, 2.45) is 0 Å². The zero-order valence-electron chi connectivity index (χ0n) is 16.1. The van der Waals surface area contributed by atoms with Gasteiger partial charge >= 0.3 is 11.7 Å². The Morgan fingerprint density at radius 3 is 2.76 bits per heavy atom. The zero-order valence-corrected chi connectivity index (χ0v) is 17.7. The lowest BCUT2D eigenvalue weighted by Crippen LogP contribution is -2.31. The number of nitrogens with zero attached hydrogens (tertiary/aromatic N) is 3. The van der Waals surface area contributed by atoms with Crippen molar-refractivity contribution in [3.05, 3.63) is 55.3 Å². The van der Waals surface area contributed by atoms with Crippen LogP contribution in [-0.4, -0.2) is 25.1 Å². The number of aromatic nitrogens is 4. The van der Waals surface area contributed by atoms with Crippen LogP contribution in [0.3, 0.4) is 0 Å². The first-order valence-electron chi connectivity index (χ1n) is 9.27. The maximum absolute atomic E-state index is 12.4. The average Bonchev–Trinajstić information content (AvgIpc) is 3.27. The van der Waals surface area contributed by atoms with Crippen LogP contribution in [0, 0.1) is 0 Å². The summed E-state index contributed by atoms with van der Waals surface area (Å²) in [5, 5.41) is 0. The number of fused-ring (bicyclic) bond motifs is 1. The number of aryl methyl sites for hydroxylation is 2. The van der Waals surface area contributed by atoms with E-state index in [2.05, 4.69) is 25.9 Å². The average molecular weight is 465 g/mol. The Hall–Kier alpha value is -2.88. The second-order valence-corrected chi connectivity index (χ2v) is 7.07. The molecule has 10 heteroatoms. The van der Waals surface area contributed by atoms with Gasteiger partial charge in [-0.15, -0.1) is 0 Å². The number of ether oxygens (including phenoxy) is 1. The summed E-state index contributed by atoms with van der Waals surface area (Å²) in [6, 6.07) is 3.41. The molecule has 0 spiro atoms. The fourth-order valence-electron chi connectivity index (χ4n) is 2.94. The molecule has 3 rings (SSSR count). The third-order valence-corrected chi connectivity index (χ3v) is 4.76. The normalized spacial score (nSPS) is 11.6. The zero-order chi connectivity index (χ0) is 21.0. The van der Waals surface area contributed by atoms with Gasteiger partial charge in [0.1, 0.15) is 18.2 Å². The summed E-state index contributed by atoms with van der Waals surface area (Å²) in [5.41, 5.74) is -0.401. The number of imidazole rings is 1. The lowest BCUT2D eigenvalue weighted by molar-refractivity contribution is -0.139. The molecule has 0 saturated carbocycles. The summed E-state index contributed by atoms with van der Waals surface area (Å²) in [7, 11) is 0. The number of furan rings is 1. The molecule has 0 aliphatic rings. The van der Waals surface area contributed by atoms with Crippen molar-refractivity contribution >= 4 is 39.1 Å². The van der Waals surface area contributed by atoms with Crippen molar-refractivity contribution in [3.63, 3.8) is 0 Å². The predicted octanol–water partition coefficient (Wildman–Crippen LogP) is 2.82. The van der Waals surface area contributed by atoms with Crippen LogP contribution in [0.1, 0.15) is 38.3 Å². The van der Waals surface area contributed by atoms with Crippen molar-refractivity contribution in [2.75, 3.05) is 0 Å². The van der Waals surface area contributed by atoms with E-state index in [1.165, 1.54) is 16.7 Å². The molecule has 29 heavy (non-hydrogen) atoms. The van der Waals surface area contributed by atoms with E-state index in [1.54, 1.807) is 16.7 Å². The predicted molar refractivity (Wildman–Crippen MR) is 110 cm³/mol. The van der Waals surface area contributed by atoms with Crippen molar-refractivity contribution < 1.29 is 13.9 Å². The van der Waals surface area contributed by atoms with Crippen molar-refractivity contribution in [2.45, 2.75) is 46.4 Å². The fourth-order valence-corrected chi connectivity index (χ4v) is 3.26. The summed E-state index contributed by atoms with van der Waals surface area (Å²) in [5.74, 6) is 0.317. The van der Waals surface area contributed by atoms with Gasteiger partial charge in [0.2, 0.25) is 0 Å². The highest BCUT2D eigenvalue weighted by molar-refractivity contribution is 9.10. The van der Waals surface area contributed by atoms with Gasteiger partial charge in [-0.3, -0.25) is 14.3 Å². The highest BCUT2D eigenvalue weighted by Gasteiger charge is 2.18. The molecule has 0 bridgehead atoms. The topological polar surface area (TPSA) is 112 Å². The van der Waals surface area contributed by atoms with E-state index in [9.17, 15) is 14.4 Å². The highest BCUT2D eigenvalue weighted by atomic mass is 79.9. The Morgan fingerprint density at radius 1 is 1.31 bits per heavy atom. The van der Waals surface area contributed by atoms with E-state index in [4.69, 9.17) is 9.15 Å². The first-order valence-corrected chi connectivity index (χ1v) is 10.1. The highest BCUT2D eigenvalue weighted by Crippen LogP contribution is 2.16. The third kappa shape index (κ3) is 4.58. The van der Waals surface area contributed by atoms with Crippen LogP contribution in [0.25, 0.3) is 17.2 Å². The second-order valence-electron chi connectivity index (χ2n) is 6.29. The van der Waals surface area contributed by atoms with E-state index in [0.717, 1.165) is 12.8 Å². The maximum Gasteiger partial charge on any atom is 0.331 e. The number of nitrogens with one attached hydrogen (secondary N) is 1. The molecule has 0 aliphatic carbocycles. The molecule has 3 aromatic rings. The van der Waals surface area contributed by atoms with Crippen LogP contribution in [0.4, 0.5) is 0 Å². The Labute approximate surface area is 174 Å². The van der Waals surface area contributed by atoms with E-state index in [-0.39, 0.29) is 6.61 Å². The van der Waals surface area contributed by atoms with Gasteiger partial charge in [0.15, 0.2) is 15.8 Å². The number of hydrogen-bond donors (Lipinski definition) is 1. The van der Waals surface area contributed by atoms with Gasteiger partial charge in [-0.2, -0.15) is 0 Å². The van der Waals surface area contributed by atoms with E-state index < -0.39 is 17.2 Å². The number of carbonyl (C=O) groups is 1. The molecule has 0 radical (unpaired) electrons. The molecule has 3 heterocycles. The molecule has 0 aromatic carbocycles. The first kappa shape index (κ1) is 20.8. The van der Waals surface area contributed by atoms with Crippen LogP contribution in [0.2, 0.25) is 0 Å². The number of rotatable bonds is 8. The summed E-state index contributed by atoms with van der Waals surface area (Å²) in [6.07, 6.45) is 4.40. The van der Waals surface area contributed by atoms with Crippen molar-refractivity contribution in [3.8, 4) is 0 Å². The molecule has 154 valence electrons. The number of halogens is 1. The molecule has 0 saturated heterocycles. The molecule has 0 unspecified atom stereocenters. The Kier molecular flexibility index (Phi) is 6.53. The molecule has 0 aliphatic heterocycles. The Morgan fingerprint density at radius 2 is 2.10 bits per heavy atom. The molecule has 0 fully saturated rings.